The van der Waals surface area contributed by atoms with Gasteiger partial charge in [0.1, 0.15) is 0 Å². The highest BCUT2D eigenvalue weighted by Crippen LogP contribution is 2.36. The van der Waals surface area contributed by atoms with Crippen LogP contribution in [0.25, 0.3) is 0 Å². The Bertz CT molecular complexity index is 802. The summed E-state index contributed by atoms with van der Waals surface area (Å²) in [4.78, 5) is 25.6. The Hall–Kier alpha value is -2.06. The number of nitrogens with one attached hydrogen (secondary N) is 2. The van der Waals surface area contributed by atoms with E-state index in [0.717, 1.165) is 10.6 Å². The fraction of sp³-hybridized carbons (Fsp3) is 0.176. The molecule has 1 aliphatic rings. The second-order valence-corrected chi connectivity index (χ2v) is 7.56. The molecule has 0 unspecified atom stereocenters. The summed E-state index contributed by atoms with van der Waals surface area (Å²) >= 11 is 1.75. The number of thioether (sulfide) groups is 2. The predicted molar refractivity (Wildman–Crippen MR) is 96.3 cm³/mol. The van der Waals surface area contributed by atoms with Crippen LogP contribution in [0.1, 0.15) is 6.42 Å². The van der Waals surface area contributed by atoms with Crippen molar-refractivity contribution in [3.05, 3.63) is 48.5 Å². The Morgan fingerprint density at radius 1 is 1.24 bits per heavy atom. The first-order valence-corrected chi connectivity index (χ1v) is 9.18. The SMILES string of the molecule is O=C(C[C@H]1Sc2ccccc2NC1=O)Nc1cccc(SC(F)F)c1. The van der Waals surface area contributed by atoms with Gasteiger partial charge < -0.3 is 10.6 Å². The molecular formula is C17H14F2N2O2S2. The first kappa shape index (κ1) is 17.8. The summed E-state index contributed by atoms with van der Waals surface area (Å²) in [6.45, 7) is 0. The van der Waals surface area contributed by atoms with E-state index < -0.39 is 11.0 Å². The smallest absolute Gasteiger partial charge is 0.288 e. The summed E-state index contributed by atoms with van der Waals surface area (Å²) in [5.74, 6) is -3.08. The zero-order chi connectivity index (χ0) is 17.8. The summed E-state index contributed by atoms with van der Waals surface area (Å²) in [5.41, 5.74) is 1.17. The van der Waals surface area contributed by atoms with Gasteiger partial charge in [0, 0.05) is 21.9 Å². The predicted octanol–water partition coefficient (Wildman–Crippen LogP) is 4.44. The number of rotatable bonds is 5. The van der Waals surface area contributed by atoms with Crippen molar-refractivity contribution in [2.75, 3.05) is 10.6 Å². The molecular weight excluding hydrogens is 366 g/mol. The van der Waals surface area contributed by atoms with Gasteiger partial charge in [0.25, 0.3) is 5.76 Å². The number of alkyl halides is 2. The Labute approximate surface area is 151 Å². The molecule has 2 aromatic carbocycles. The summed E-state index contributed by atoms with van der Waals surface area (Å²) in [6, 6.07) is 13.6. The van der Waals surface area contributed by atoms with Gasteiger partial charge in [-0.25, -0.2) is 0 Å². The Morgan fingerprint density at radius 2 is 2.04 bits per heavy atom. The lowest BCUT2D eigenvalue weighted by atomic mass is 10.2. The van der Waals surface area contributed by atoms with Crippen LogP contribution < -0.4 is 10.6 Å². The number of carbonyl (C=O) groups is 2. The molecule has 0 saturated carbocycles. The van der Waals surface area contributed by atoms with Gasteiger partial charge in [-0.15, -0.1) is 11.8 Å². The highest BCUT2D eigenvalue weighted by molar-refractivity contribution is 8.01. The number of amides is 2. The molecule has 1 atom stereocenters. The normalized spacial score (nSPS) is 16.3. The first-order chi connectivity index (χ1) is 12.0. The zero-order valence-corrected chi connectivity index (χ0v) is 14.5. The number of halogens is 2. The van der Waals surface area contributed by atoms with Crippen LogP contribution in [-0.4, -0.2) is 22.8 Å². The Morgan fingerprint density at radius 3 is 2.84 bits per heavy atom. The van der Waals surface area contributed by atoms with Gasteiger partial charge in [0.15, 0.2) is 0 Å². The van der Waals surface area contributed by atoms with E-state index in [9.17, 15) is 18.4 Å². The van der Waals surface area contributed by atoms with Crippen LogP contribution in [0.4, 0.5) is 20.2 Å². The molecule has 1 aliphatic heterocycles. The highest BCUT2D eigenvalue weighted by Gasteiger charge is 2.28. The number of benzene rings is 2. The molecule has 0 spiro atoms. The minimum absolute atomic E-state index is 0.00292. The molecule has 1 heterocycles. The molecule has 0 fully saturated rings. The van der Waals surface area contributed by atoms with Crippen molar-refractivity contribution in [3.63, 3.8) is 0 Å². The van der Waals surface area contributed by atoms with E-state index in [1.54, 1.807) is 18.2 Å². The Balaban J connectivity index is 1.62. The van der Waals surface area contributed by atoms with E-state index in [1.165, 1.54) is 17.8 Å². The second-order valence-electron chi connectivity index (χ2n) is 5.25. The minimum atomic E-state index is -2.52. The van der Waals surface area contributed by atoms with E-state index >= 15 is 0 Å². The largest absolute Gasteiger partial charge is 0.326 e. The van der Waals surface area contributed by atoms with Crippen LogP contribution in [-0.2, 0) is 9.59 Å². The maximum Gasteiger partial charge on any atom is 0.288 e. The van der Waals surface area contributed by atoms with E-state index in [-0.39, 0.29) is 18.2 Å². The van der Waals surface area contributed by atoms with Gasteiger partial charge in [-0.3, -0.25) is 9.59 Å². The molecule has 0 bridgehead atoms. The molecule has 4 nitrogen and oxygen atoms in total. The average molecular weight is 380 g/mol. The first-order valence-electron chi connectivity index (χ1n) is 7.42. The number of hydrogen-bond acceptors (Lipinski definition) is 4. The summed E-state index contributed by atoms with van der Waals surface area (Å²) in [5, 5.41) is 4.91. The van der Waals surface area contributed by atoms with Crippen molar-refractivity contribution >= 4 is 46.7 Å². The van der Waals surface area contributed by atoms with E-state index in [1.807, 2.05) is 24.3 Å². The Kier molecular flexibility index (Phi) is 5.60. The quantitative estimate of drug-likeness (QED) is 0.753. The molecule has 0 aliphatic carbocycles. The zero-order valence-electron chi connectivity index (χ0n) is 12.9. The lowest BCUT2D eigenvalue weighted by Crippen LogP contribution is -2.32. The monoisotopic (exact) mass is 380 g/mol. The highest BCUT2D eigenvalue weighted by atomic mass is 32.2. The van der Waals surface area contributed by atoms with Crippen molar-refractivity contribution in [1.29, 1.82) is 0 Å². The third-order valence-electron chi connectivity index (χ3n) is 3.42. The standard InChI is InChI=1S/C17H14F2N2O2S2/c18-17(19)24-11-5-3-4-10(8-11)20-15(22)9-14-16(23)21-12-6-1-2-7-13(12)25-14/h1-8,14,17H,9H2,(H,20,22)(H,21,23)/t14-/m1/s1. The fourth-order valence-electron chi connectivity index (χ4n) is 2.36. The van der Waals surface area contributed by atoms with Crippen LogP contribution >= 0.6 is 23.5 Å². The number of anilines is 2. The summed E-state index contributed by atoms with van der Waals surface area (Å²) < 4.78 is 24.8. The maximum absolute atomic E-state index is 12.4. The van der Waals surface area contributed by atoms with Crippen LogP contribution in [0.5, 0.6) is 0 Å². The minimum Gasteiger partial charge on any atom is -0.326 e. The second kappa shape index (κ2) is 7.88. The van der Waals surface area contributed by atoms with Gasteiger partial charge in [-0.05, 0) is 30.3 Å². The molecule has 2 N–H and O–H groups in total. The van der Waals surface area contributed by atoms with E-state index in [4.69, 9.17) is 0 Å². The van der Waals surface area contributed by atoms with Crippen LogP contribution in [0.2, 0.25) is 0 Å². The summed E-state index contributed by atoms with van der Waals surface area (Å²) in [6.07, 6.45) is -0.00292. The molecule has 25 heavy (non-hydrogen) atoms. The third-order valence-corrected chi connectivity index (χ3v) is 5.40. The van der Waals surface area contributed by atoms with Gasteiger partial charge in [0.05, 0.1) is 10.9 Å². The van der Waals surface area contributed by atoms with Crippen molar-refractivity contribution in [2.24, 2.45) is 0 Å². The molecule has 2 aromatic rings. The molecule has 0 saturated heterocycles. The van der Waals surface area contributed by atoms with Crippen LogP contribution in [0.15, 0.2) is 58.3 Å². The topological polar surface area (TPSA) is 58.2 Å². The molecule has 8 heteroatoms. The molecule has 2 amide bonds. The van der Waals surface area contributed by atoms with Crippen molar-refractivity contribution in [3.8, 4) is 0 Å². The lowest BCUT2D eigenvalue weighted by molar-refractivity contribution is -0.120. The fourth-order valence-corrected chi connectivity index (χ4v) is 4.03. The third kappa shape index (κ3) is 4.73. The van der Waals surface area contributed by atoms with Gasteiger partial charge in [0.2, 0.25) is 11.8 Å². The van der Waals surface area contributed by atoms with Gasteiger partial charge in [-0.1, -0.05) is 30.0 Å². The van der Waals surface area contributed by atoms with Crippen molar-refractivity contribution < 1.29 is 18.4 Å². The van der Waals surface area contributed by atoms with E-state index in [0.29, 0.717) is 22.3 Å². The number of para-hydroxylation sites is 1. The van der Waals surface area contributed by atoms with Crippen LogP contribution in [0.3, 0.4) is 0 Å². The summed E-state index contributed by atoms with van der Waals surface area (Å²) in [7, 11) is 0. The number of carbonyl (C=O) groups excluding carboxylic acids is 2. The van der Waals surface area contributed by atoms with Gasteiger partial charge in [-0.2, -0.15) is 8.78 Å². The van der Waals surface area contributed by atoms with Gasteiger partial charge >= 0.3 is 0 Å². The van der Waals surface area contributed by atoms with Crippen molar-refractivity contribution in [1.82, 2.24) is 0 Å². The molecule has 3 rings (SSSR count). The molecule has 130 valence electrons. The number of hydrogen-bond donors (Lipinski definition) is 2. The number of fused-ring (bicyclic) bond motifs is 1. The van der Waals surface area contributed by atoms with Crippen molar-refractivity contribution in [2.45, 2.75) is 27.2 Å². The molecule has 0 aromatic heterocycles. The maximum atomic E-state index is 12.4. The lowest BCUT2D eigenvalue weighted by Gasteiger charge is -2.23. The van der Waals surface area contributed by atoms with E-state index in [2.05, 4.69) is 10.6 Å². The average Bonchev–Trinajstić information content (AvgIpc) is 2.55. The van der Waals surface area contributed by atoms with Crippen LogP contribution in [0, 0.1) is 0 Å². The molecule has 0 radical (unpaired) electrons.